The third-order valence-electron chi connectivity index (χ3n) is 0.611. The van der Waals surface area contributed by atoms with E-state index in [4.69, 9.17) is 0 Å². The Morgan fingerprint density at radius 2 is 1.88 bits per heavy atom. The fraction of sp³-hybridized carbons (Fsp3) is 0.667. The Bertz CT molecular complexity index is 80.5. The van der Waals surface area contributed by atoms with Gasteiger partial charge in [0, 0.05) is 20.3 Å². The maximum atomic E-state index is 3.02. The van der Waals surface area contributed by atoms with Gasteiger partial charge in [-0.15, -0.1) is 0 Å². The van der Waals surface area contributed by atoms with Crippen LogP contribution in [0.15, 0.2) is 11.8 Å². The highest BCUT2D eigenvalue weighted by atomic mass is 15.5. The molecule has 0 aliphatic rings. The van der Waals surface area contributed by atoms with E-state index in [0.717, 1.165) is 0 Å². The molecule has 8 heavy (non-hydrogen) atoms. The monoisotopic (exact) mass is 114 g/mol. The molecule has 0 aliphatic heterocycles. The average Bonchev–Trinajstić information content (AvgIpc) is 1.61. The smallest absolute Gasteiger partial charge is 0.0114 e. The van der Waals surface area contributed by atoms with Gasteiger partial charge in [-0.2, -0.15) is 0 Å². The molecule has 1 N–H and O–H groups in total. The van der Waals surface area contributed by atoms with Crippen molar-refractivity contribution in [3.05, 3.63) is 11.8 Å². The molecule has 0 radical (unpaired) electrons. The van der Waals surface area contributed by atoms with Gasteiger partial charge in [0.15, 0.2) is 0 Å². The van der Waals surface area contributed by atoms with Crippen LogP contribution in [0.3, 0.4) is 0 Å². The van der Waals surface area contributed by atoms with Crippen LogP contribution in [0.1, 0.15) is 13.8 Å². The summed E-state index contributed by atoms with van der Waals surface area (Å²) < 4.78 is 0. The topological polar surface area (TPSA) is 15.3 Å². The van der Waals surface area contributed by atoms with Gasteiger partial charge in [0.1, 0.15) is 0 Å². The second kappa shape index (κ2) is 3.50. The number of hydrogen-bond acceptors (Lipinski definition) is 2. The molecule has 0 fully saturated rings. The first-order valence-electron chi connectivity index (χ1n) is 2.70. The summed E-state index contributed by atoms with van der Waals surface area (Å²) >= 11 is 0. The molecule has 0 saturated carbocycles. The first-order chi connectivity index (χ1) is 3.63. The van der Waals surface area contributed by atoms with Crippen LogP contribution in [-0.2, 0) is 0 Å². The molecule has 48 valence electrons. The van der Waals surface area contributed by atoms with Gasteiger partial charge in [0.2, 0.25) is 0 Å². The summed E-state index contributed by atoms with van der Waals surface area (Å²) in [4.78, 5) is 0. The Balaban J connectivity index is 3.29. The first kappa shape index (κ1) is 7.50. The molecule has 0 heterocycles. The zero-order valence-electron chi connectivity index (χ0n) is 6.02. The maximum absolute atomic E-state index is 3.02. The number of nitrogens with one attached hydrogen (secondary N) is 1. The van der Waals surface area contributed by atoms with Crippen LogP contribution in [0.4, 0.5) is 0 Å². The normalized spacial score (nSPS) is 9.12. The van der Waals surface area contributed by atoms with E-state index in [-0.39, 0.29) is 0 Å². The van der Waals surface area contributed by atoms with E-state index in [2.05, 4.69) is 19.3 Å². The fourth-order valence-electron chi connectivity index (χ4n) is 0.258. The van der Waals surface area contributed by atoms with Crippen molar-refractivity contribution in [1.82, 2.24) is 10.4 Å². The van der Waals surface area contributed by atoms with Crippen LogP contribution < -0.4 is 5.43 Å². The zero-order chi connectivity index (χ0) is 6.57. The summed E-state index contributed by atoms with van der Waals surface area (Å²) in [6.07, 6.45) is 1.96. The molecule has 0 spiro atoms. The van der Waals surface area contributed by atoms with Crippen LogP contribution in [0.25, 0.3) is 0 Å². The Hall–Kier alpha value is -0.500. The summed E-state index contributed by atoms with van der Waals surface area (Å²) in [5.74, 6) is 0. The van der Waals surface area contributed by atoms with Crippen molar-refractivity contribution in [2.45, 2.75) is 13.8 Å². The van der Waals surface area contributed by atoms with E-state index >= 15 is 0 Å². The Labute approximate surface area is 51.2 Å². The third-order valence-corrected chi connectivity index (χ3v) is 0.611. The van der Waals surface area contributed by atoms with Crippen molar-refractivity contribution in [2.75, 3.05) is 14.1 Å². The largest absolute Gasteiger partial charge is 0.327 e. The highest BCUT2D eigenvalue weighted by Crippen LogP contribution is 1.82. The molecule has 2 heteroatoms. The third kappa shape index (κ3) is 5.50. The van der Waals surface area contributed by atoms with Gasteiger partial charge in [0.25, 0.3) is 0 Å². The summed E-state index contributed by atoms with van der Waals surface area (Å²) in [6.45, 7) is 4.10. The van der Waals surface area contributed by atoms with E-state index in [1.54, 1.807) is 0 Å². The van der Waals surface area contributed by atoms with E-state index in [1.807, 2.05) is 25.3 Å². The van der Waals surface area contributed by atoms with Gasteiger partial charge in [-0.1, -0.05) is 5.57 Å². The van der Waals surface area contributed by atoms with Crippen molar-refractivity contribution in [3.8, 4) is 0 Å². The Morgan fingerprint density at radius 1 is 1.38 bits per heavy atom. The molecule has 0 bridgehead atoms. The molecular weight excluding hydrogens is 100 g/mol. The highest BCUT2D eigenvalue weighted by Gasteiger charge is 1.77. The zero-order valence-corrected chi connectivity index (χ0v) is 6.02. The molecule has 0 aromatic carbocycles. The van der Waals surface area contributed by atoms with Crippen molar-refractivity contribution in [3.63, 3.8) is 0 Å². The summed E-state index contributed by atoms with van der Waals surface area (Å²) in [7, 11) is 3.92. The van der Waals surface area contributed by atoms with E-state index in [1.165, 1.54) is 5.57 Å². The van der Waals surface area contributed by atoms with Crippen LogP contribution in [0.5, 0.6) is 0 Å². The predicted octanol–water partition coefficient (Wildman–Crippen LogP) is 0.976. The average molecular weight is 114 g/mol. The van der Waals surface area contributed by atoms with Crippen LogP contribution >= 0.6 is 0 Å². The molecule has 2 nitrogen and oxygen atoms in total. The molecule has 0 rings (SSSR count). The van der Waals surface area contributed by atoms with Crippen LogP contribution in [0.2, 0.25) is 0 Å². The lowest BCUT2D eigenvalue weighted by molar-refractivity contribution is 0.341. The Kier molecular flexibility index (Phi) is 3.28. The van der Waals surface area contributed by atoms with Crippen LogP contribution in [0, 0.1) is 0 Å². The second-order valence-electron chi connectivity index (χ2n) is 2.25. The predicted molar refractivity (Wildman–Crippen MR) is 36.3 cm³/mol. The molecule has 0 saturated heterocycles. The van der Waals surface area contributed by atoms with Gasteiger partial charge in [0.05, 0.1) is 0 Å². The van der Waals surface area contributed by atoms with E-state index < -0.39 is 0 Å². The molecular formula is C6H14N2. The summed E-state index contributed by atoms with van der Waals surface area (Å²) in [6, 6.07) is 0. The second-order valence-corrected chi connectivity index (χ2v) is 2.25. The van der Waals surface area contributed by atoms with Crippen molar-refractivity contribution in [2.24, 2.45) is 0 Å². The minimum Gasteiger partial charge on any atom is -0.327 e. The minimum atomic E-state index is 1.28. The van der Waals surface area contributed by atoms with Gasteiger partial charge in [-0.3, -0.25) is 0 Å². The SMILES string of the molecule is CC(C)=CNN(C)C. The summed E-state index contributed by atoms with van der Waals surface area (Å²) in [5.41, 5.74) is 4.29. The number of hydrogen-bond donors (Lipinski definition) is 1. The minimum absolute atomic E-state index is 1.28. The lowest BCUT2D eigenvalue weighted by atomic mass is 10.4. The van der Waals surface area contributed by atoms with Crippen molar-refractivity contribution >= 4 is 0 Å². The van der Waals surface area contributed by atoms with Crippen molar-refractivity contribution < 1.29 is 0 Å². The number of allylic oxidation sites excluding steroid dienone is 1. The maximum Gasteiger partial charge on any atom is 0.0114 e. The lowest BCUT2D eigenvalue weighted by Crippen LogP contribution is -2.24. The number of rotatable bonds is 2. The molecule has 0 atom stereocenters. The van der Waals surface area contributed by atoms with Gasteiger partial charge < -0.3 is 5.43 Å². The first-order valence-corrected chi connectivity index (χ1v) is 2.70. The molecule has 0 aromatic heterocycles. The van der Waals surface area contributed by atoms with Gasteiger partial charge in [-0.25, -0.2) is 5.01 Å². The standard InChI is InChI=1S/C6H14N2/c1-6(2)5-7-8(3)4/h5,7H,1-4H3. The fourth-order valence-corrected chi connectivity index (χ4v) is 0.258. The molecule has 0 unspecified atom stereocenters. The lowest BCUT2D eigenvalue weighted by Gasteiger charge is -2.08. The molecule has 0 aromatic rings. The Morgan fingerprint density at radius 3 is 2.00 bits per heavy atom. The highest BCUT2D eigenvalue weighted by molar-refractivity contribution is 4.89. The van der Waals surface area contributed by atoms with Crippen LogP contribution in [-0.4, -0.2) is 19.1 Å². The quantitative estimate of drug-likeness (QED) is 0.538. The molecule has 0 aliphatic carbocycles. The van der Waals surface area contributed by atoms with E-state index in [9.17, 15) is 0 Å². The number of hydrazine groups is 1. The van der Waals surface area contributed by atoms with Gasteiger partial charge in [-0.05, 0) is 13.8 Å². The van der Waals surface area contributed by atoms with Gasteiger partial charge >= 0.3 is 0 Å². The summed E-state index contributed by atoms with van der Waals surface area (Å²) in [5, 5.41) is 1.90. The number of nitrogens with zero attached hydrogens (tertiary/aromatic N) is 1. The van der Waals surface area contributed by atoms with Crippen molar-refractivity contribution in [1.29, 1.82) is 0 Å². The van der Waals surface area contributed by atoms with E-state index in [0.29, 0.717) is 0 Å². The molecule has 0 amide bonds.